The van der Waals surface area contributed by atoms with Crippen molar-refractivity contribution in [3.63, 3.8) is 0 Å². The van der Waals surface area contributed by atoms with E-state index < -0.39 is 16.1 Å². The van der Waals surface area contributed by atoms with Gasteiger partial charge in [0.05, 0.1) is 4.90 Å². The minimum Gasteiger partial charge on any atom is -0.341 e. The molecule has 1 aromatic carbocycles. The van der Waals surface area contributed by atoms with Gasteiger partial charge >= 0.3 is 0 Å². The summed E-state index contributed by atoms with van der Waals surface area (Å²) in [4.78, 5) is 14.6. The smallest absolute Gasteiger partial charge is 0.243 e. The average Bonchev–Trinajstić information content (AvgIpc) is 3.02. The van der Waals surface area contributed by atoms with Gasteiger partial charge in [-0.25, -0.2) is 8.42 Å². The van der Waals surface area contributed by atoms with E-state index in [-0.39, 0.29) is 10.8 Å². The van der Waals surface area contributed by atoms with Crippen LogP contribution in [0.5, 0.6) is 0 Å². The molecule has 5 nitrogen and oxygen atoms in total. The van der Waals surface area contributed by atoms with Gasteiger partial charge in [-0.3, -0.25) is 4.79 Å². The molecule has 0 aliphatic carbocycles. The maximum absolute atomic E-state index is 12.7. The van der Waals surface area contributed by atoms with Crippen LogP contribution in [0.25, 0.3) is 0 Å². The van der Waals surface area contributed by atoms with E-state index in [9.17, 15) is 13.2 Å². The van der Waals surface area contributed by atoms with Crippen LogP contribution in [0.1, 0.15) is 31.7 Å². The number of amides is 1. The van der Waals surface area contributed by atoms with Gasteiger partial charge in [-0.2, -0.15) is 4.31 Å². The predicted molar refractivity (Wildman–Crippen MR) is 86.0 cm³/mol. The zero-order chi connectivity index (χ0) is 16.3. The van der Waals surface area contributed by atoms with Crippen LogP contribution in [0.2, 0.25) is 0 Å². The number of likely N-dealkylation sites (tertiary alicyclic amines) is 1. The summed E-state index contributed by atoms with van der Waals surface area (Å²) >= 11 is 0. The summed E-state index contributed by atoms with van der Waals surface area (Å²) in [7, 11) is -2.16. The van der Waals surface area contributed by atoms with Crippen LogP contribution in [0, 0.1) is 6.92 Å². The molecule has 0 N–H and O–H groups in total. The lowest BCUT2D eigenvalue weighted by molar-refractivity contribution is -0.134. The Hall–Kier alpha value is -1.40. The summed E-state index contributed by atoms with van der Waals surface area (Å²) in [5.74, 6) is -0.0850. The molecule has 1 saturated heterocycles. The van der Waals surface area contributed by atoms with Gasteiger partial charge in [0.15, 0.2) is 0 Å². The van der Waals surface area contributed by atoms with E-state index in [0.717, 1.165) is 31.5 Å². The summed E-state index contributed by atoms with van der Waals surface area (Å²) in [6.45, 7) is 5.22. The van der Waals surface area contributed by atoms with Crippen LogP contribution < -0.4 is 0 Å². The van der Waals surface area contributed by atoms with Gasteiger partial charge in [0.25, 0.3) is 0 Å². The maximum atomic E-state index is 12.7. The predicted octanol–water partition coefficient (Wildman–Crippen LogP) is 2.02. The molecule has 0 radical (unpaired) electrons. The number of hydrogen-bond acceptors (Lipinski definition) is 3. The molecular formula is C16H24N2O3S. The van der Waals surface area contributed by atoms with Crippen molar-refractivity contribution in [2.45, 2.75) is 44.0 Å². The maximum Gasteiger partial charge on any atom is 0.243 e. The molecule has 2 rings (SSSR count). The van der Waals surface area contributed by atoms with Crippen molar-refractivity contribution in [3.05, 3.63) is 29.8 Å². The number of nitrogens with zero attached hydrogens (tertiary/aromatic N) is 2. The number of likely N-dealkylation sites (N-methyl/N-ethyl adjacent to an activating group) is 1. The lowest BCUT2D eigenvalue weighted by Crippen LogP contribution is -2.48. The standard InChI is InChI=1S/C16H24N2O3S/c1-4-15(16(19)18-11-5-6-12-18)17(3)22(20,21)14-9-7-13(2)8-10-14/h7-10,15H,4-6,11-12H2,1-3H3. The van der Waals surface area contributed by atoms with Crippen LogP contribution in [0.3, 0.4) is 0 Å². The van der Waals surface area contributed by atoms with E-state index in [2.05, 4.69) is 0 Å². The lowest BCUT2D eigenvalue weighted by atomic mass is 10.2. The van der Waals surface area contributed by atoms with Gasteiger partial charge in [-0.1, -0.05) is 24.6 Å². The minimum atomic E-state index is -3.66. The molecule has 0 aromatic heterocycles. The summed E-state index contributed by atoms with van der Waals surface area (Å²) < 4.78 is 26.7. The summed E-state index contributed by atoms with van der Waals surface area (Å²) in [6, 6.07) is 6.08. The van der Waals surface area contributed by atoms with Gasteiger partial charge in [0.1, 0.15) is 6.04 Å². The Morgan fingerprint density at radius 2 is 1.77 bits per heavy atom. The van der Waals surface area contributed by atoms with E-state index in [1.54, 1.807) is 29.2 Å². The highest BCUT2D eigenvalue weighted by molar-refractivity contribution is 7.89. The monoisotopic (exact) mass is 324 g/mol. The Balaban J connectivity index is 2.24. The first-order chi connectivity index (χ1) is 10.4. The Morgan fingerprint density at radius 1 is 1.23 bits per heavy atom. The van der Waals surface area contributed by atoms with Gasteiger partial charge < -0.3 is 4.90 Å². The molecule has 1 fully saturated rings. The quantitative estimate of drug-likeness (QED) is 0.832. The van der Waals surface area contributed by atoms with Crippen molar-refractivity contribution < 1.29 is 13.2 Å². The Labute approximate surface area is 133 Å². The number of hydrogen-bond donors (Lipinski definition) is 0. The highest BCUT2D eigenvalue weighted by atomic mass is 32.2. The van der Waals surface area contributed by atoms with Crippen molar-refractivity contribution in [2.75, 3.05) is 20.1 Å². The first kappa shape index (κ1) is 17.0. The second kappa shape index (κ2) is 6.79. The van der Waals surface area contributed by atoms with Crippen LogP contribution in [-0.4, -0.2) is 49.7 Å². The van der Waals surface area contributed by atoms with Crippen molar-refractivity contribution in [1.82, 2.24) is 9.21 Å². The third-order valence-electron chi connectivity index (χ3n) is 4.23. The molecule has 122 valence electrons. The summed E-state index contributed by atoms with van der Waals surface area (Å²) in [5, 5.41) is 0. The Kier molecular flexibility index (Phi) is 5.24. The van der Waals surface area contributed by atoms with E-state index in [1.165, 1.54) is 11.4 Å². The first-order valence-corrected chi connectivity index (χ1v) is 9.15. The van der Waals surface area contributed by atoms with E-state index in [4.69, 9.17) is 0 Å². The SMILES string of the molecule is CCC(C(=O)N1CCCC1)N(C)S(=O)(=O)c1ccc(C)cc1. The van der Waals surface area contributed by atoms with E-state index >= 15 is 0 Å². The van der Waals surface area contributed by atoms with E-state index in [0.29, 0.717) is 6.42 Å². The van der Waals surface area contributed by atoms with Crippen molar-refractivity contribution >= 4 is 15.9 Å². The molecule has 0 bridgehead atoms. The van der Waals surface area contributed by atoms with Crippen molar-refractivity contribution in [2.24, 2.45) is 0 Å². The van der Waals surface area contributed by atoms with Crippen LogP contribution in [-0.2, 0) is 14.8 Å². The fourth-order valence-electron chi connectivity index (χ4n) is 2.78. The van der Waals surface area contributed by atoms with Crippen LogP contribution in [0.15, 0.2) is 29.2 Å². The van der Waals surface area contributed by atoms with E-state index in [1.807, 2.05) is 13.8 Å². The molecule has 1 heterocycles. The number of aryl methyl sites for hydroxylation is 1. The topological polar surface area (TPSA) is 57.7 Å². The molecule has 1 aromatic rings. The molecule has 1 aliphatic heterocycles. The minimum absolute atomic E-state index is 0.0850. The molecule has 6 heteroatoms. The number of carbonyl (C=O) groups excluding carboxylic acids is 1. The van der Waals surface area contributed by atoms with Crippen LogP contribution in [0.4, 0.5) is 0 Å². The molecule has 0 saturated carbocycles. The van der Waals surface area contributed by atoms with Gasteiger partial charge in [-0.05, 0) is 38.3 Å². The molecule has 0 spiro atoms. The number of carbonyl (C=O) groups is 1. The lowest BCUT2D eigenvalue weighted by Gasteiger charge is -2.29. The number of rotatable bonds is 5. The highest BCUT2D eigenvalue weighted by Gasteiger charge is 2.34. The van der Waals surface area contributed by atoms with Crippen molar-refractivity contribution in [1.29, 1.82) is 0 Å². The first-order valence-electron chi connectivity index (χ1n) is 7.71. The summed E-state index contributed by atoms with van der Waals surface area (Å²) in [6.07, 6.45) is 2.46. The fraction of sp³-hybridized carbons (Fsp3) is 0.562. The normalized spacial score (nSPS) is 17.0. The molecule has 1 atom stereocenters. The Morgan fingerprint density at radius 3 is 2.27 bits per heavy atom. The van der Waals surface area contributed by atoms with Gasteiger partial charge in [0.2, 0.25) is 15.9 Å². The molecular weight excluding hydrogens is 300 g/mol. The zero-order valence-electron chi connectivity index (χ0n) is 13.4. The molecule has 1 aliphatic rings. The summed E-state index contributed by atoms with van der Waals surface area (Å²) in [5.41, 5.74) is 1.00. The van der Waals surface area contributed by atoms with Crippen molar-refractivity contribution in [3.8, 4) is 0 Å². The largest absolute Gasteiger partial charge is 0.341 e. The third kappa shape index (κ3) is 3.33. The fourth-order valence-corrected chi connectivity index (χ4v) is 4.17. The second-order valence-electron chi connectivity index (χ2n) is 5.79. The third-order valence-corrected chi connectivity index (χ3v) is 6.11. The van der Waals surface area contributed by atoms with Gasteiger partial charge in [0, 0.05) is 20.1 Å². The van der Waals surface area contributed by atoms with Crippen LogP contribution >= 0.6 is 0 Å². The number of sulfonamides is 1. The zero-order valence-corrected chi connectivity index (χ0v) is 14.3. The Bertz CT molecular complexity index is 619. The second-order valence-corrected chi connectivity index (χ2v) is 7.79. The number of benzene rings is 1. The average molecular weight is 324 g/mol. The highest BCUT2D eigenvalue weighted by Crippen LogP contribution is 2.21. The molecule has 1 amide bonds. The molecule has 22 heavy (non-hydrogen) atoms. The van der Waals surface area contributed by atoms with Gasteiger partial charge in [-0.15, -0.1) is 0 Å². The molecule has 1 unspecified atom stereocenters.